The van der Waals surface area contributed by atoms with Gasteiger partial charge in [-0.3, -0.25) is 14.5 Å². The lowest BCUT2D eigenvalue weighted by atomic mass is 10.0. The fourth-order valence-electron chi connectivity index (χ4n) is 3.09. The molecule has 1 atom stereocenters. The van der Waals surface area contributed by atoms with Crippen LogP contribution in [0, 0.1) is 6.92 Å². The molecule has 0 saturated carbocycles. The van der Waals surface area contributed by atoms with Crippen molar-refractivity contribution in [1.29, 1.82) is 0 Å². The van der Waals surface area contributed by atoms with Crippen LogP contribution >= 0.6 is 0 Å². The fourth-order valence-corrected chi connectivity index (χ4v) is 3.09. The van der Waals surface area contributed by atoms with E-state index in [0.29, 0.717) is 26.2 Å². The second kappa shape index (κ2) is 8.57. The van der Waals surface area contributed by atoms with E-state index in [-0.39, 0.29) is 18.2 Å². The average molecular weight is 356 g/mol. The van der Waals surface area contributed by atoms with Crippen molar-refractivity contribution in [1.82, 2.24) is 30.3 Å². The number of nitrogens with one attached hydrogen (secondary N) is 2. The summed E-state index contributed by atoms with van der Waals surface area (Å²) in [4.78, 5) is 26.7. The zero-order valence-electron chi connectivity index (χ0n) is 14.9. The third kappa shape index (κ3) is 4.66. The van der Waals surface area contributed by atoms with E-state index < -0.39 is 6.04 Å². The normalized spacial score (nSPS) is 17.7. The van der Waals surface area contributed by atoms with Gasteiger partial charge in [-0.25, -0.2) is 0 Å². The van der Waals surface area contributed by atoms with Crippen molar-refractivity contribution in [2.75, 3.05) is 19.6 Å². The van der Waals surface area contributed by atoms with Gasteiger partial charge in [0.2, 0.25) is 11.8 Å². The Morgan fingerprint density at radius 3 is 2.85 bits per heavy atom. The van der Waals surface area contributed by atoms with Gasteiger partial charge in [0.05, 0.1) is 12.5 Å². The largest absolute Gasteiger partial charge is 0.354 e. The SMILES string of the molecule is Cc1ccccc1CN1CCNC(=O)[C@H]1CC(=O)NCCn1cnnc1. The van der Waals surface area contributed by atoms with Crippen LogP contribution in [-0.4, -0.2) is 57.2 Å². The molecule has 8 heteroatoms. The maximum atomic E-state index is 12.3. The Morgan fingerprint density at radius 1 is 1.31 bits per heavy atom. The lowest BCUT2D eigenvalue weighted by Crippen LogP contribution is -2.56. The van der Waals surface area contributed by atoms with Crippen LogP contribution in [-0.2, 0) is 22.7 Å². The molecule has 1 aromatic carbocycles. The molecule has 1 saturated heterocycles. The third-order valence-electron chi connectivity index (χ3n) is 4.61. The summed E-state index contributed by atoms with van der Waals surface area (Å²) in [6, 6.07) is 7.68. The number of aromatic nitrogens is 3. The van der Waals surface area contributed by atoms with Crippen molar-refractivity contribution < 1.29 is 9.59 Å². The molecule has 8 nitrogen and oxygen atoms in total. The van der Waals surface area contributed by atoms with Crippen molar-refractivity contribution in [3.63, 3.8) is 0 Å². The maximum Gasteiger partial charge on any atom is 0.237 e. The highest BCUT2D eigenvalue weighted by molar-refractivity contribution is 5.88. The summed E-state index contributed by atoms with van der Waals surface area (Å²) in [5.41, 5.74) is 2.37. The summed E-state index contributed by atoms with van der Waals surface area (Å²) < 4.78 is 1.79. The van der Waals surface area contributed by atoms with Crippen LogP contribution in [0.2, 0.25) is 0 Å². The molecule has 0 aliphatic carbocycles. The summed E-state index contributed by atoms with van der Waals surface area (Å²) >= 11 is 0. The maximum absolute atomic E-state index is 12.3. The standard InChI is InChI=1S/C18H24N6O2/c1-14-4-2-3-5-15(14)11-24-9-7-20-18(26)16(24)10-17(25)19-6-8-23-12-21-22-13-23/h2-5,12-13,16H,6-11H2,1H3,(H,19,25)(H,20,26)/t16-/m1/s1. The Balaban J connectivity index is 1.56. The first-order chi connectivity index (χ1) is 12.6. The van der Waals surface area contributed by atoms with Gasteiger partial charge < -0.3 is 15.2 Å². The first-order valence-electron chi connectivity index (χ1n) is 8.79. The number of carbonyl (C=O) groups is 2. The minimum absolute atomic E-state index is 0.0845. The van der Waals surface area contributed by atoms with E-state index in [1.165, 1.54) is 11.1 Å². The number of carbonyl (C=O) groups excluding carboxylic acids is 2. The Labute approximate surface area is 152 Å². The van der Waals surface area contributed by atoms with Crippen LogP contribution in [0.25, 0.3) is 0 Å². The number of hydrogen-bond donors (Lipinski definition) is 2. The van der Waals surface area contributed by atoms with Crippen LogP contribution in [0.5, 0.6) is 0 Å². The molecule has 1 fully saturated rings. The van der Waals surface area contributed by atoms with Crippen molar-refractivity contribution in [3.8, 4) is 0 Å². The second-order valence-electron chi connectivity index (χ2n) is 6.46. The van der Waals surface area contributed by atoms with Crippen LogP contribution in [0.4, 0.5) is 0 Å². The zero-order valence-corrected chi connectivity index (χ0v) is 14.9. The lowest BCUT2D eigenvalue weighted by Gasteiger charge is -2.35. The van der Waals surface area contributed by atoms with Crippen molar-refractivity contribution in [3.05, 3.63) is 48.0 Å². The van der Waals surface area contributed by atoms with Crippen molar-refractivity contribution in [2.24, 2.45) is 0 Å². The van der Waals surface area contributed by atoms with E-state index >= 15 is 0 Å². The van der Waals surface area contributed by atoms with E-state index in [4.69, 9.17) is 0 Å². The molecule has 0 spiro atoms. The summed E-state index contributed by atoms with van der Waals surface area (Å²) in [5, 5.41) is 13.2. The molecule has 26 heavy (non-hydrogen) atoms. The summed E-state index contributed by atoms with van der Waals surface area (Å²) in [6.07, 6.45) is 3.36. The van der Waals surface area contributed by atoms with E-state index in [2.05, 4.69) is 44.8 Å². The molecular weight excluding hydrogens is 332 g/mol. The first kappa shape index (κ1) is 18.1. The van der Waals surface area contributed by atoms with Gasteiger partial charge in [0.15, 0.2) is 0 Å². The van der Waals surface area contributed by atoms with Gasteiger partial charge in [0.1, 0.15) is 12.7 Å². The number of amides is 2. The minimum Gasteiger partial charge on any atom is -0.354 e. The molecule has 2 heterocycles. The number of aryl methyl sites for hydroxylation is 1. The molecule has 2 amide bonds. The highest BCUT2D eigenvalue weighted by Crippen LogP contribution is 2.16. The van der Waals surface area contributed by atoms with Gasteiger partial charge in [-0.2, -0.15) is 0 Å². The molecule has 1 aromatic heterocycles. The van der Waals surface area contributed by atoms with Crippen LogP contribution < -0.4 is 10.6 Å². The number of piperazine rings is 1. The molecule has 2 aromatic rings. The van der Waals surface area contributed by atoms with Gasteiger partial charge in [0.25, 0.3) is 0 Å². The fraction of sp³-hybridized carbons (Fsp3) is 0.444. The highest BCUT2D eigenvalue weighted by Gasteiger charge is 2.31. The molecule has 3 rings (SSSR count). The Hall–Kier alpha value is -2.74. The number of nitrogens with zero attached hydrogens (tertiary/aromatic N) is 4. The van der Waals surface area contributed by atoms with Gasteiger partial charge >= 0.3 is 0 Å². The molecule has 0 bridgehead atoms. The molecular formula is C18H24N6O2. The predicted octanol–water partition coefficient (Wildman–Crippen LogP) is 0.0934. The van der Waals surface area contributed by atoms with Crippen LogP contribution in [0.3, 0.4) is 0 Å². The zero-order chi connectivity index (χ0) is 18.4. The molecule has 0 unspecified atom stereocenters. The average Bonchev–Trinajstić information content (AvgIpc) is 3.13. The van der Waals surface area contributed by atoms with Crippen LogP contribution in [0.15, 0.2) is 36.9 Å². The first-order valence-corrected chi connectivity index (χ1v) is 8.79. The Morgan fingerprint density at radius 2 is 2.08 bits per heavy atom. The Bertz CT molecular complexity index is 746. The number of benzene rings is 1. The van der Waals surface area contributed by atoms with Gasteiger partial charge in [-0.1, -0.05) is 24.3 Å². The predicted molar refractivity (Wildman–Crippen MR) is 96.0 cm³/mol. The Kier molecular flexibility index (Phi) is 5.96. The monoisotopic (exact) mass is 356 g/mol. The minimum atomic E-state index is -0.446. The second-order valence-corrected chi connectivity index (χ2v) is 6.46. The molecule has 2 N–H and O–H groups in total. The third-order valence-corrected chi connectivity index (χ3v) is 4.61. The van der Waals surface area contributed by atoms with Gasteiger partial charge in [-0.05, 0) is 18.1 Å². The smallest absolute Gasteiger partial charge is 0.237 e. The van der Waals surface area contributed by atoms with Crippen LogP contribution in [0.1, 0.15) is 17.5 Å². The van der Waals surface area contributed by atoms with E-state index in [1.807, 2.05) is 12.1 Å². The molecule has 0 radical (unpaired) electrons. The van der Waals surface area contributed by atoms with E-state index in [0.717, 1.165) is 6.54 Å². The van der Waals surface area contributed by atoms with Crippen molar-refractivity contribution in [2.45, 2.75) is 32.5 Å². The topological polar surface area (TPSA) is 92.2 Å². The summed E-state index contributed by atoms with van der Waals surface area (Å²) in [7, 11) is 0. The number of hydrogen-bond acceptors (Lipinski definition) is 5. The van der Waals surface area contributed by atoms with E-state index in [1.54, 1.807) is 17.2 Å². The quantitative estimate of drug-likeness (QED) is 0.734. The van der Waals surface area contributed by atoms with Gasteiger partial charge in [-0.15, -0.1) is 10.2 Å². The summed E-state index contributed by atoms with van der Waals surface area (Å²) in [6.45, 7) is 5.14. The summed E-state index contributed by atoms with van der Waals surface area (Å²) in [5.74, 6) is -0.214. The lowest BCUT2D eigenvalue weighted by molar-refractivity contribution is -0.134. The van der Waals surface area contributed by atoms with E-state index in [9.17, 15) is 9.59 Å². The van der Waals surface area contributed by atoms with Crippen molar-refractivity contribution >= 4 is 11.8 Å². The van der Waals surface area contributed by atoms with Gasteiger partial charge in [0, 0.05) is 32.7 Å². The number of rotatable bonds is 7. The molecule has 1 aliphatic rings. The molecule has 138 valence electrons. The highest BCUT2D eigenvalue weighted by atomic mass is 16.2. The molecule has 1 aliphatic heterocycles.